The van der Waals surface area contributed by atoms with Gasteiger partial charge >= 0.3 is 0 Å². The summed E-state index contributed by atoms with van der Waals surface area (Å²) in [6, 6.07) is 14.5. The van der Waals surface area contributed by atoms with Gasteiger partial charge in [-0.15, -0.1) is 0 Å². The van der Waals surface area contributed by atoms with Crippen molar-refractivity contribution in [1.29, 1.82) is 5.26 Å². The lowest BCUT2D eigenvalue weighted by Crippen LogP contribution is -3.12. The summed E-state index contributed by atoms with van der Waals surface area (Å²) in [7, 11) is 5.15. The van der Waals surface area contributed by atoms with E-state index in [4.69, 9.17) is 14.7 Å². The molecule has 0 spiro atoms. The molecular formula is C20H24N3O3+. The van der Waals surface area contributed by atoms with Crippen molar-refractivity contribution >= 4 is 11.6 Å². The molecule has 1 amide bonds. The second-order valence-electron chi connectivity index (χ2n) is 6.08. The highest BCUT2D eigenvalue weighted by Crippen LogP contribution is 2.27. The van der Waals surface area contributed by atoms with Crippen LogP contribution in [-0.2, 0) is 11.3 Å². The summed E-state index contributed by atoms with van der Waals surface area (Å²) in [5, 5.41) is 12.0. The standard InChI is InChI=1S/C20H23N3O3/c1-14(20(24)22-17-8-6-5-7-16(17)12-21)23(2)13-15-9-10-18(25-3)19(11-15)26-4/h5-11,14H,13H2,1-4H3,(H,22,24)/p+1/t14-/m0/s1. The number of para-hydroxylation sites is 1. The molecule has 0 aromatic heterocycles. The SMILES string of the molecule is COc1ccc(C[NH+](C)[C@@H](C)C(=O)Nc2ccccc2C#N)cc1OC. The highest BCUT2D eigenvalue weighted by molar-refractivity contribution is 5.94. The summed E-state index contributed by atoms with van der Waals surface area (Å²) in [6.45, 7) is 2.51. The Balaban J connectivity index is 2.06. The molecule has 0 bridgehead atoms. The largest absolute Gasteiger partial charge is 0.493 e. The Morgan fingerprint density at radius 3 is 2.54 bits per heavy atom. The van der Waals surface area contributed by atoms with Crippen molar-refractivity contribution in [2.75, 3.05) is 26.6 Å². The van der Waals surface area contributed by atoms with E-state index < -0.39 is 0 Å². The lowest BCUT2D eigenvalue weighted by atomic mass is 10.1. The third kappa shape index (κ3) is 4.52. The average Bonchev–Trinajstić information content (AvgIpc) is 2.67. The molecule has 2 N–H and O–H groups in total. The summed E-state index contributed by atoms with van der Waals surface area (Å²) in [4.78, 5) is 13.6. The molecule has 26 heavy (non-hydrogen) atoms. The van der Waals surface area contributed by atoms with Crippen LogP contribution in [0.15, 0.2) is 42.5 Å². The number of anilines is 1. The summed E-state index contributed by atoms with van der Waals surface area (Å²) in [5.74, 6) is 1.20. The molecule has 6 nitrogen and oxygen atoms in total. The smallest absolute Gasteiger partial charge is 0.282 e. The van der Waals surface area contributed by atoms with Crippen molar-refractivity contribution in [3.8, 4) is 17.6 Å². The molecule has 0 aliphatic heterocycles. The number of amides is 1. The van der Waals surface area contributed by atoms with Crippen LogP contribution in [0.1, 0.15) is 18.1 Å². The fourth-order valence-electron chi connectivity index (χ4n) is 2.62. The normalized spacial score (nSPS) is 12.6. The number of nitrogens with zero attached hydrogens (tertiary/aromatic N) is 1. The van der Waals surface area contributed by atoms with Gasteiger partial charge in [0.2, 0.25) is 0 Å². The van der Waals surface area contributed by atoms with Crippen LogP contribution in [0.4, 0.5) is 5.69 Å². The number of methoxy groups -OCH3 is 2. The lowest BCUT2D eigenvalue weighted by Gasteiger charge is -2.22. The maximum Gasteiger partial charge on any atom is 0.282 e. The van der Waals surface area contributed by atoms with Crippen LogP contribution in [0, 0.1) is 11.3 Å². The van der Waals surface area contributed by atoms with Gasteiger partial charge in [-0.2, -0.15) is 5.26 Å². The van der Waals surface area contributed by atoms with Gasteiger partial charge in [0.25, 0.3) is 5.91 Å². The van der Waals surface area contributed by atoms with Crippen LogP contribution in [0.3, 0.4) is 0 Å². The number of benzene rings is 2. The number of carbonyl (C=O) groups is 1. The first kappa shape index (κ1) is 19.3. The van der Waals surface area contributed by atoms with Crippen LogP contribution in [0.5, 0.6) is 11.5 Å². The predicted molar refractivity (Wildman–Crippen MR) is 99.4 cm³/mol. The summed E-state index contributed by atoms with van der Waals surface area (Å²) >= 11 is 0. The van der Waals surface area contributed by atoms with E-state index in [0.717, 1.165) is 10.5 Å². The topological polar surface area (TPSA) is 75.8 Å². The van der Waals surface area contributed by atoms with E-state index in [-0.39, 0.29) is 11.9 Å². The van der Waals surface area contributed by atoms with Gasteiger partial charge in [0.05, 0.1) is 32.5 Å². The number of rotatable bonds is 7. The zero-order chi connectivity index (χ0) is 19.1. The van der Waals surface area contributed by atoms with E-state index in [1.807, 2.05) is 32.2 Å². The van der Waals surface area contributed by atoms with Crippen LogP contribution < -0.4 is 19.7 Å². The second kappa shape index (κ2) is 8.88. The average molecular weight is 354 g/mol. The minimum Gasteiger partial charge on any atom is -0.493 e. The van der Waals surface area contributed by atoms with Crippen molar-refractivity contribution < 1.29 is 19.2 Å². The minimum atomic E-state index is -0.296. The Labute approximate surface area is 153 Å². The molecule has 2 atom stereocenters. The quantitative estimate of drug-likeness (QED) is 0.792. The molecule has 0 aliphatic carbocycles. The van der Waals surface area contributed by atoms with E-state index in [2.05, 4.69) is 11.4 Å². The number of likely N-dealkylation sites (N-methyl/N-ethyl adjacent to an activating group) is 1. The van der Waals surface area contributed by atoms with Gasteiger partial charge < -0.3 is 19.7 Å². The van der Waals surface area contributed by atoms with Gasteiger partial charge in [-0.05, 0) is 37.3 Å². The molecule has 136 valence electrons. The first-order valence-electron chi connectivity index (χ1n) is 8.33. The third-order valence-electron chi connectivity index (χ3n) is 4.37. The molecule has 2 aromatic carbocycles. The number of hydrogen-bond acceptors (Lipinski definition) is 4. The molecule has 0 saturated heterocycles. The summed E-state index contributed by atoms with van der Waals surface area (Å²) in [5.41, 5.74) is 2.02. The zero-order valence-electron chi connectivity index (χ0n) is 15.5. The molecule has 0 heterocycles. The number of hydrogen-bond donors (Lipinski definition) is 2. The van der Waals surface area contributed by atoms with Crippen molar-refractivity contribution in [3.05, 3.63) is 53.6 Å². The second-order valence-corrected chi connectivity index (χ2v) is 6.08. The first-order chi connectivity index (χ1) is 12.5. The molecule has 2 rings (SSSR count). The number of nitriles is 1. The van der Waals surface area contributed by atoms with Crippen molar-refractivity contribution in [3.63, 3.8) is 0 Å². The van der Waals surface area contributed by atoms with E-state index in [9.17, 15) is 4.79 Å². The molecule has 1 unspecified atom stereocenters. The Morgan fingerprint density at radius 2 is 1.88 bits per heavy atom. The first-order valence-corrected chi connectivity index (χ1v) is 8.33. The predicted octanol–water partition coefficient (Wildman–Crippen LogP) is 1.62. The van der Waals surface area contributed by atoms with Gasteiger partial charge in [0.15, 0.2) is 17.5 Å². The van der Waals surface area contributed by atoms with E-state index in [1.54, 1.807) is 38.5 Å². The molecule has 6 heteroatoms. The van der Waals surface area contributed by atoms with Crippen molar-refractivity contribution in [1.82, 2.24) is 0 Å². The Morgan fingerprint density at radius 1 is 1.19 bits per heavy atom. The van der Waals surface area contributed by atoms with Gasteiger partial charge in [-0.1, -0.05) is 12.1 Å². The van der Waals surface area contributed by atoms with E-state index in [0.29, 0.717) is 29.3 Å². The van der Waals surface area contributed by atoms with Crippen molar-refractivity contribution in [2.24, 2.45) is 0 Å². The molecule has 2 aromatic rings. The maximum atomic E-state index is 12.5. The number of nitrogens with one attached hydrogen (secondary N) is 2. The fourth-order valence-corrected chi connectivity index (χ4v) is 2.62. The number of carbonyl (C=O) groups excluding carboxylic acids is 1. The number of quaternary nitrogens is 1. The van der Waals surface area contributed by atoms with Crippen LogP contribution in [0.2, 0.25) is 0 Å². The molecular weight excluding hydrogens is 330 g/mol. The van der Waals surface area contributed by atoms with Crippen LogP contribution in [0.25, 0.3) is 0 Å². The highest BCUT2D eigenvalue weighted by Gasteiger charge is 2.23. The molecule has 0 radical (unpaired) electrons. The fraction of sp³-hybridized carbons (Fsp3) is 0.300. The minimum absolute atomic E-state index is 0.134. The Kier molecular flexibility index (Phi) is 6.59. The Hall–Kier alpha value is -3.04. The lowest BCUT2D eigenvalue weighted by molar-refractivity contribution is -0.907. The van der Waals surface area contributed by atoms with Crippen LogP contribution >= 0.6 is 0 Å². The highest BCUT2D eigenvalue weighted by atomic mass is 16.5. The van der Waals surface area contributed by atoms with Crippen molar-refractivity contribution in [2.45, 2.75) is 19.5 Å². The molecule has 0 aliphatic rings. The summed E-state index contributed by atoms with van der Waals surface area (Å²) in [6.07, 6.45) is 0. The maximum absolute atomic E-state index is 12.5. The van der Waals surface area contributed by atoms with Gasteiger partial charge in [0.1, 0.15) is 12.6 Å². The zero-order valence-corrected chi connectivity index (χ0v) is 15.5. The van der Waals surface area contributed by atoms with Gasteiger partial charge in [-0.3, -0.25) is 4.79 Å². The molecule has 0 saturated carbocycles. The van der Waals surface area contributed by atoms with E-state index >= 15 is 0 Å². The van der Waals surface area contributed by atoms with E-state index in [1.165, 1.54) is 0 Å². The van der Waals surface area contributed by atoms with Gasteiger partial charge in [0, 0.05) is 5.56 Å². The molecule has 0 fully saturated rings. The van der Waals surface area contributed by atoms with Crippen LogP contribution in [-0.4, -0.2) is 33.2 Å². The Bertz CT molecular complexity index is 814. The third-order valence-corrected chi connectivity index (χ3v) is 4.37. The monoisotopic (exact) mass is 354 g/mol. The number of ether oxygens (including phenoxy) is 2. The van der Waals surface area contributed by atoms with Gasteiger partial charge in [-0.25, -0.2) is 0 Å². The summed E-state index contributed by atoms with van der Waals surface area (Å²) < 4.78 is 10.6.